The van der Waals surface area contributed by atoms with Gasteiger partial charge in [0.15, 0.2) is 0 Å². The van der Waals surface area contributed by atoms with E-state index in [4.69, 9.17) is 0 Å². The Labute approximate surface area is 339 Å². The average molecular weight is 1100 g/mol. The molecule has 0 atom stereocenters. The zero-order valence-electron chi connectivity index (χ0n) is 30.0. The fourth-order valence-electron chi connectivity index (χ4n) is 4.00. The number of phosphoric acid groups is 1. The molecule has 10 nitrogen and oxygen atoms in total. The van der Waals surface area contributed by atoms with E-state index >= 15 is 0 Å². The number of halogens is 30. The van der Waals surface area contributed by atoms with Gasteiger partial charge in [-0.25, -0.2) is 21.4 Å². The molecule has 43 heteroatoms. The number of alkyl halides is 30. The molecule has 0 unspecified atom stereocenters. The van der Waals surface area contributed by atoms with E-state index in [1.807, 2.05) is 0 Å². The molecule has 0 spiro atoms. The highest BCUT2D eigenvalue weighted by Gasteiger charge is 2.96. The van der Waals surface area contributed by atoms with E-state index in [-0.39, 0.29) is 13.8 Å². The molecule has 0 aromatic carbocycles. The standard InChI is InChI=1S/C22H19F30N2O8PS2/c1-3-53(64(57,58)21(49,50)17(39,40)13(31,32)9(23,24)11(27,28)15(35,36)19(43,44)45)5-7-61-63(55,56)62-8-6-54(4-2)65(59,60)22(51,52)18(41,42)14(33,34)10(25,26)12(29,30)16(37,38)20(46,47)48/h3-8H2,1-2H3,(H,55,56). The van der Waals surface area contributed by atoms with Crippen LogP contribution >= 0.6 is 7.82 Å². The van der Waals surface area contributed by atoms with E-state index in [0.717, 1.165) is 0 Å². The predicted molar refractivity (Wildman–Crippen MR) is 146 cm³/mol. The van der Waals surface area contributed by atoms with Crippen LogP contribution in [0.25, 0.3) is 0 Å². The number of nitrogens with zero attached hydrogens (tertiary/aromatic N) is 2. The van der Waals surface area contributed by atoms with Gasteiger partial charge in [0.1, 0.15) is 0 Å². The number of hydrogen-bond donors (Lipinski definition) is 1. The van der Waals surface area contributed by atoms with E-state index in [0.29, 0.717) is 0 Å². The summed E-state index contributed by atoms with van der Waals surface area (Å²) in [5, 5.41) is -16.0. The van der Waals surface area contributed by atoms with Crippen LogP contribution in [-0.4, -0.2) is 152 Å². The Bertz CT molecular complexity index is 1820. The van der Waals surface area contributed by atoms with Crippen molar-refractivity contribution in [2.45, 2.75) is 95.9 Å². The van der Waals surface area contributed by atoms with E-state index in [1.54, 1.807) is 0 Å². The number of hydrogen-bond acceptors (Lipinski definition) is 7. The minimum absolute atomic E-state index is 0.172. The second-order valence-electron chi connectivity index (χ2n) is 11.9. The molecule has 0 heterocycles. The third-order valence-corrected chi connectivity index (χ3v) is 12.9. The first-order valence-corrected chi connectivity index (χ1v) is 19.5. The van der Waals surface area contributed by atoms with Crippen molar-refractivity contribution < 1.29 is 167 Å². The zero-order valence-corrected chi connectivity index (χ0v) is 32.6. The summed E-state index contributed by atoms with van der Waals surface area (Å²) in [6, 6.07) is 0. The van der Waals surface area contributed by atoms with Gasteiger partial charge in [-0.3, -0.25) is 9.05 Å². The summed E-state index contributed by atoms with van der Waals surface area (Å²) in [7, 11) is -22.2. The largest absolute Gasteiger partial charge is 0.472 e. The van der Waals surface area contributed by atoms with Crippen LogP contribution in [0.5, 0.6) is 0 Å². The van der Waals surface area contributed by atoms with Gasteiger partial charge in [0.05, 0.1) is 13.2 Å². The molecule has 1 N–H and O–H groups in total. The lowest BCUT2D eigenvalue weighted by Gasteiger charge is -2.41. The van der Waals surface area contributed by atoms with Gasteiger partial charge in [-0.15, -0.1) is 0 Å². The second kappa shape index (κ2) is 17.7. The molecule has 0 amide bonds. The maximum atomic E-state index is 14.5. The van der Waals surface area contributed by atoms with Crippen LogP contribution in [-0.2, 0) is 33.7 Å². The molecule has 0 saturated carbocycles. The first-order valence-electron chi connectivity index (χ1n) is 15.1. The summed E-state index contributed by atoms with van der Waals surface area (Å²) >= 11 is 0. The van der Waals surface area contributed by atoms with Crippen LogP contribution in [0, 0.1) is 0 Å². The molecule has 0 aliphatic heterocycles. The average Bonchev–Trinajstić information content (AvgIpc) is 3.09. The molecule has 0 aromatic heterocycles. The first kappa shape index (κ1) is 62.8. The fraction of sp³-hybridized carbons (Fsp3) is 1.00. The van der Waals surface area contributed by atoms with Crippen LogP contribution in [0.1, 0.15) is 13.8 Å². The predicted octanol–water partition coefficient (Wildman–Crippen LogP) is 9.09. The zero-order chi connectivity index (χ0) is 53.3. The Kier molecular flexibility index (Phi) is 17.1. The normalized spacial score (nSPS) is 16.5. The smallest absolute Gasteiger partial charge is 0.302 e. The van der Waals surface area contributed by atoms with Gasteiger partial charge in [0.2, 0.25) is 0 Å². The maximum Gasteiger partial charge on any atom is 0.472 e. The maximum absolute atomic E-state index is 14.5. The molecule has 65 heavy (non-hydrogen) atoms. The van der Waals surface area contributed by atoms with Crippen molar-refractivity contribution in [3.8, 4) is 0 Å². The van der Waals surface area contributed by atoms with E-state index in [9.17, 15) is 158 Å². The molecule has 0 bridgehead atoms. The lowest BCUT2D eigenvalue weighted by Crippen LogP contribution is -2.73. The second-order valence-corrected chi connectivity index (χ2v) is 17.3. The van der Waals surface area contributed by atoms with Crippen LogP contribution in [0.2, 0.25) is 0 Å². The monoisotopic (exact) mass is 1100 g/mol. The van der Waals surface area contributed by atoms with Gasteiger partial charge in [0, 0.05) is 26.2 Å². The Hall–Kier alpha value is -2.17. The molecule has 0 fully saturated rings. The molecule has 0 aliphatic carbocycles. The van der Waals surface area contributed by atoms with Gasteiger partial charge < -0.3 is 4.89 Å². The Morgan fingerprint density at radius 2 is 0.569 bits per heavy atom. The summed E-state index contributed by atoms with van der Waals surface area (Å²) < 4.78 is 470. The third kappa shape index (κ3) is 9.35. The quantitative estimate of drug-likeness (QED) is 0.0749. The van der Waals surface area contributed by atoms with Crippen molar-refractivity contribution in [1.82, 2.24) is 8.61 Å². The summed E-state index contributed by atoms with van der Waals surface area (Å²) in [6.45, 7) is -12.5. The SMILES string of the molecule is CCN(CCOP(=O)(O)OCCN(CC)S(=O)(=O)C(F)(F)C(F)(F)C(F)(F)C(F)(F)C(F)(F)C(F)(F)C(F)(F)F)S(=O)(=O)C(F)(F)C(F)(F)C(F)(F)C(F)(F)C(F)(F)C(F)(F)C(F)(F)F. The van der Waals surface area contributed by atoms with Crippen molar-refractivity contribution in [2.24, 2.45) is 0 Å². The molecule has 0 rings (SSSR count). The molecule has 0 aromatic rings. The third-order valence-electron chi connectivity index (χ3n) is 7.82. The van der Waals surface area contributed by atoms with Crippen molar-refractivity contribution >= 4 is 27.9 Å². The summed E-state index contributed by atoms with van der Waals surface area (Å²) in [5.41, 5.74) is 0. The van der Waals surface area contributed by atoms with Crippen LogP contribution in [0.3, 0.4) is 0 Å². The number of rotatable bonds is 24. The van der Waals surface area contributed by atoms with E-state index in [2.05, 4.69) is 9.05 Å². The number of sulfonamides is 2. The molecule has 392 valence electrons. The van der Waals surface area contributed by atoms with Crippen molar-refractivity contribution in [2.75, 3.05) is 39.4 Å². The Morgan fingerprint density at radius 3 is 0.754 bits per heavy atom. The Morgan fingerprint density at radius 1 is 0.385 bits per heavy atom. The van der Waals surface area contributed by atoms with Crippen molar-refractivity contribution in [3.63, 3.8) is 0 Å². The minimum Gasteiger partial charge on any atom is -0.302 e. The molecule has 0 saturated heterocycles. The van der Waals surface area contributed by atoms with Crippen LogP contribution in [0.4, 0.5) is 132 Å². The fourth-order valence-corrected chi connectivity index (χ4v) is 7.56. The van der Waals surface area contributed by atoms with Gasteiger partial charge in [-0.2, -0.15) is 140 Å². The van der Waals surface area contributed by atoms with Crippen molar-refractivity contribution in [3.05, 3.63) is 0 Å². The summed E-state index contributed by atoms with van der Waals surface area (Å²) in [5.74, 6) is -87.6. The number of likely N-dealkylation sites (N-methyl/N-ethyl adjacent to an activating group) is 2. The summed E-state index contributed by atoms with van der Waals surface area (Å²) in [6.07, 6.45) is -16.1. The lowest BCUT2D eigenvalue weighted by atomic mass is 9.94. The summed E-state index contributed by atoms with van der Waals surface area (Å²) in [4.78, 5) is 9.51. The van der Waals surface area contributed by atoms with Gasteiger partial charge in [0.25, 0.3) is 20.0 Å². The minimum atomic E-state index is -8.95. The van der Waals surface area contributed by atoms with Crippen LogP contribution < -0.4 is 0 Å². The van der Waals surface area contributed by atoms with E-state index < -0.39 is 158 Å². The lowest BCUT2D eigenvalue weighted by molar-refractivity contribution is -0.447. The highest BCUT2D eigenvalue weighted by Crippen LogP contribution is 2.65. The van der Waals surface area contributed by atoms with Gasteiger partial charge >= 0.3 is 89.9 Å². The van der Waals surface area contributed by atoms with Gasteiger partial charge in [-0.1, -0.05) is 13.8 Å². The first-order chi connectivity index (χ1) is 27.8. The Balaban J connectivity index is 6.45. The molecular formula is C22H19F30N2O8PS2. The molecular weight excluding hydrogens is 1090 g/mol. The molecule has 0 aliphatic rings. The highest BCUT2D eigenvalue weighted by atomic mass is 32.2. The van der Waals surface area contributed by atoms with Crippen molar-refractivity contribution in [1.29, 1.82) is 0 Å². The number of phosphoric ester groups is 1. The van der Waals surface area contributed by atoms with E-state index in [1.165, 1.54) is 0 Å². The topological polar surface area (TPSA) is 131 Å². The molecule has 0 radical (unpaired) electrons. The van der Waals surface area contributed by atoms with Crippen LogP contribution in [0.15, 0.2) is 0 Å². The highest BCUT2D eigenvalue weighted by molar-refractivity contribution is 7.90. The van der Waals surface area contributed by atoms with Gasteiger partial charge in [-0.05, 0) is 0 Å².